The van der Waals surface area contributed by atoms with Crippen molar-refractivity contribution in [3.63, 3.8) is 0 Å². The maximum Gasteiger partial charge on any atom is 0.0416 e. The zero-order chi connectivity index (χ0) is 28.2. The van der Waals surface area contributed by atoms with E-state index in [1.54, 1.807) is 0 Å². The summed E-state index contributed by atoms with van der Waals surface area (Å²) in [5.74, 6) is 0. The van der Waals surface area contributed by atoms with E-state index in [0.29, 0.717) is 0 Å². The van der Waals surface area contributed by atoms with Crippen LogP contribution >= 0.6 is 0 Å². The second-order valence-electron chi connectivity index (χ2n) is 11.5. The molecule has 1 N–H and O–H groups in total. The fourth-order valence-electron chi connectivity index (χ4n) is 6.97. The number of benzene rings is 7. The smallest absolute Gasteiger partial charge is 0.0416 e. The zero-order valence-electron chi connectivity index (χ0n) is 23.9. The quantitative estimate of drug-likeness (QED) is 0.221. The van der Waals surface area contributed by atoms with Crippen molar-refractivity contribution in [3.05, 3.63) is 150 Å². The average molecular weight is 538 g/mol. The predicted molar refractivity (Wildman–Crippen MR) is 182 cm³/mol. The third-order valence-electron chi connectivity index (χ3n) is 8.94. The van der Waals surface area contributed by atoms with E-state index in [0.717, 1.165) is 6.54 Å². The number of hydrogen-bond acceptors (Lipinski definition) is 1. The van der Waals surface area contributed by atoms with E-state index in [-0.39, 0.29) is 0 Å². The number of anilines is 1. The van der Waals surface area contributed by atoms with Crippen LogP contribution in [0.1, 0.15) is 22.3 Å². The summed E-state index contributed by atoms with van der Waals surface area (Å²) in [5, 5.41) is 11.3. The van der Waals surface area contributed by atoms with Crippen LogP contribution in [0.2, 0.25) is 0 Å². The molecule has 0 amide bonds. The monoisotopic (exact) mass is 537 g/mol. The van der Waals surface area contributed by atoms with Gasteiger partial charge < -0.3 is 5.32 Å². The lowest BCUT2D eigenvalue weighted by Gasteiger charge is -2.23. The van der Waals surface area contributed by atoms with Gasteiger partial charge in [-0.1, -0.05) is 121 Å². The van der Waals surface area contributed by atoms with Crippen molar-refractivity contribution in [2.24, 2.45) is 0 Å². The molecule has 0 fully saturated rings. The molecular weight excluding hydrogens is 506 g/mol. The van der Waals surface area contributed by atoms with Gasteiger partial charge in [0, 0.05) is 12.2 Å². The SMILES string of the molecule is Cc1cc(-c2c3ccccc3c(-c3cccc4ccccc34)c3ccccc23)c(C)cc1C1=Cc2ccccc2NC1. The Hall–Kier alpha value is -5.14. The molecule has 1 heteroatoms. The van der Waals surface area contributed by atoms with Crippen LogP contribution in [0.4, 0.5) is 5.69 Å². The summed E-state index contributed by atoms with van der Waals surface area (Å²) in [6.45, 7) is 5.36. The molecule has 0 saturated heterocycles. The van der Waals surface area contributed by atoms with Gasteiger partial charge in [-0.3, -0.25) is 0 Å². The zero-order valence-corrected chi connectivity index (χ0v) is 23.9. The molecule has 1 aliphatic rings. The van der Waals surface area contributed by atoms with E-state index < -0.39 is 0 Å². The minimum atomic E-state index is 0.836. The molecule has 200 valence electrons. The minimum absolute atomic E-state index is 0.836. The topological polar surface area (TPSA) is 12.0 Å². The molecule has 7 aromatic rings. The molecule has 0 atom stereocenters. The Balaban J connectivity index is 1.39. The summed E-state index contributed by atoms with van der Waals surface area (Å²) in [5.41, 5.74) is 12.9. The molecule has 0 spiro atoms. The van der Waals surface area contributed by atoms with Gasteiger partial charge in [0.25, 0.3) is 0 Å². The summed E-state index contributed by atoms with van der Waals surface area (Å²) in [7, 11) is 0. The summed E-state index contributed by atoms with van der Waals surface area (Å²) in [4.78, 5) is 0. The number of para-hydroxylation sites is 1. The van der Waals surface area contributed by atoms with Gasteiger partial charge >= 0.3 is 0 Å². The van der Waals surface area contributed by atoms with Crippen molar-refractivity contribution in [1.82, 2.24) is 0 Å². The molecule has 8 rings (SSSR count). The first-order valence-corrected chi connectivity index (χ1v) is 14.7. The van der Waals surface area contributed by atoms with Gasteiger partial charge in [0.1, 0.15) is 0 Å². The molecule has 0 radical (unpaired) electrons. The van der Waals surface area contributed by atoms with Crippen LogP contribution in [0, 0.1) is 13.8 Å². The lowest BCUT2D eigenvalue weighted by molar-refractivity contribution is 1.28. The Bertz CT molecular complexity index is 2150. The van der Waals surface area contributed by atoms with Crippen LogP contribution in [-0.4, -0.2) is 6.54 Å². The van der Waals surface area contributed by atoms with Crippen molar-refractivity contribution in [2.45, 2.75) is 13.8 Å². The summed E-state index contributed by atoms with van der Waals surface area (Å²) < 4.78 is 0. The van der Waals surface area contributed by atoms with E-state index >= 15 is 0 Å². The minimum Gasteiger partial charge on any atom is -0.380 e. The molecule has 0 aliphatic carbocycles. The fourth-order valence-corrected chi connectivity index (χ4v) is 6.97. The van der Waals surface area contributed by atoms with E-state index in [1.807, 2.05) is 0 Å². The number of fused-ring (bicyclic) bond motifs is 4. The average Bonchev–Trinajstić information content (AvgIpc) is 3.04. The van der Waals surface area contributed by atoms with Crippen LogP contribution in [0.25, 0.3) is 66.2 Å². The highest BCUT2D eigenvalue weighted by Gasteiger charge is 2.20. The molecule has 0 unspecified atom stereocenters. The van der Waals surface area contributed by atoms with Crippen LogP contribution in [-0.2, 0) is 0 Å². The van der Waals surface area contributed by atoms with Crippen molar-refractivity contribution in [3.8, 4) is 22.3 Å². The summed E-state index contributed by atoms with van der Waals surface area (Å²) >= 11 is 0. The van der Waals surface area contributed by atoms with Crippen molar-refractivity contribution in [1.29, 1.82) is 0 Å². The lowest BCUT2D eigenvalue weighted by Crippen LogP contribution is -2.10. The van der Waals surface area contributed by atoms with Crippen LogP contribution in [0.15, 0.2) is 127 Å². The molecule has 1 heterocycles. The predicted octanol–water partition coefficient (Wildman–Crippen LogP) is 11.1. The Morgan fingerprint density at radius 3 is 1.71 bits per heavy atom. The molecule has 42 heavy (non-hydrogen) atoms. The second kappa shape index (κ2) is 9.75. The number of aryl methyl sites for hydroxylation is 2. The van der Waals surface area contributed by atoms with E-state index in [1.165, 1.54) is 88.1 Å². The second-order valence-corrected chi connectivity index (χ2v) is 11.5. The standard InChI is InChI=1S/C41H31N/c1-26-23-38(27(2)22-37(26)30-24-29-13-4-10-21-39(29)42-25-30)41-35-18-8-6-16-33(35)40(34-17-7-9-19-36(34)41)32-20-11-14-28-12-3-5-15-31(28)32/h3-24,42H,25H2,1-2H3. The maximum atomic E-state index is 3.62. The van der Waals surface area contributed by atoms with E-state index in [9.17, 15) is 0 Å². The fraction of sp³-hybridized carbons (Fsp3) is 0.0732. The molecule has 0 saturated carbocycles. The van der Waals surface area contributed by atoms with Gasteiger partial charge in [-0.05, 0) is 108 Å². The van der Waals surface area contributed by atoms with Gasteiger partial charge in [-0.15, -0.1) is 0 Å². The highest BCUT2D eigenvalue weighted by Crippen LogP contribution is 2.46. The largest absolute Gasteiger partial charge is 0.380 e. The molecule has 1 aliphatic heterocycles. The van der Waals surface area contributed by atoms with Crippen molar-refractivity contribution >= 4 is 49.7 Å². The highest BCUT2D eigenvalue weighted by atomic mass is 14.9. The summed E-state index contributed by atoms with van der Waals surface area (Å²) in [6, 6.07) is 46.7. The Morgan fingerprint density at radius 2 is 1.00 bits per heavy atom. The van der Waals surface area contributed by atoms with Crippen LogP contribution in [0.3, 0.4) is 0 Å². The van der Waals surface area contributed by atoms with Gasteiger partial charge in [-0.2, -0.15) is 0 Å². The normalized spacial score (nSPS) is 12.8. The van der Waals surface area contributed by atoms with Gasteiger partial charge in [-0.25, -0.2) is 0 Å². The maximum absolute atomic E-state index is 3.62. The Kier molecular flexibility index (Phi) is 5.72. The highest BCUT2D eigenvalue weighted by molar-refractivity contribution is 6.23. The molecule has 0 aromatic heterocycles. The number of hydrogen-bond donors (Lipinski definition) is 1. The molecule has 0 bridgehead atoms. The lowest BCUT2D eigenvalue weighted by atomic mass is 9.82. The van der Waals surface area contributed by atoms with E-state index in [4.69, 9.17) is 0 Å². The molecular formula is C41H31N. The first-order chi connectivity index (χ1) is 20.7. The van der Waals surface area contributed by atoms with Crippen LogP contribution in [0.5, 0.6) is 0 Å². The first-order valence-electron chi connectivity index (χ1n) is 14.7. The Morgan fingerprint density at radius 1 is 0.476 bits per heavy atom. The van der Waals surface area contributed by atoms with Gasteiger partial charge in [0.05, 0.1) is 0 Å². The third kappa shape index (κ3) is 3.85. The van der Waals surface area contributed by atoms with E-state index in [2.05, 4.69) is 153 Å². The van der Waals surface area contributed by atoms with Crippen molar-refractivity contribution in [2.75, 3.05) is 11.9 Å². The Labute approximate surface area is 246 Å². The number of rotatable bonds is 3. The number of nitrogens with one attached hydrogen (secondary N) is 1. The van der Waals surface area contributed by atoms with Gasteiger partial charge in [0.2, 0.25) is 0 Å². The van der Waals surface area contributed by atoms with Crippen LogP contribution < -0.4 is 5.32 Å². The molecule has 1 nitrogen and oxygen atoms in total. The van der Waals surface area contributed by atoms with Gasteiger partial charge in [0.15, 0.2) is 0 Å². The first kappa shape index (κ1) is 24.6. The molecule has 7 aromatic carbocycles. The summed E-state index contributed by atoms with van der Waals surface area (Å²) in [6.07, 6.45) is 2.34. The third-order valence-corrected chi connectivity index (χ3v) is 8.94. The van der Waals surface area contributed by atoms with Crippen molar-refractivity contribution < 1.29 is 0 Å².